The normalized spacial score (nSPS) is 13.1. The van der Waals surface area contributed by atoms with Crippen LogP contribution in [0.3, 0.4) is 0 Å². The van der Waals surface area contributed by atoms with Crippen molar-refractivity contribution in [1.29, 1.82) is 0 Å². The average Bonchev–Trinajstić information content (AvgIpc) is 1.84. The van der Waals surface area contributed by atoms with Crippen LogP contribution >= 0.6 is 15.3 Å². The first kappa shape index (κ1) is 11.7. The Hall–Kier alpha value is 0.657. The quantitative estimate of drug-likeness (QED) is 0.523. The van der Waals surface area contributed by atoms with Gasteiger partial charge < -0.3 is 4.57 Å². The van der Waals surface area contributed by atoms with Crippen LogP contribution in [0.5, 0.6) is 0 Å². The molecule has 0 spiro atoms. The molecule has 11 heavy (non-hydrogen) atoms. The third-order valence-corrected chi connectivity index (χ3v) is 4.40. The molecule has 0 rings (SSSR count). The van der Waals surface area contributed by atoms with Gasteiger partial charge in [-0.2, -0.15) is 0 Å². The van der Waals surface area contributed by atoms with Crippen LogP contribution in [0, 0.1) is 11.8 Å². The molecule has 0 aromatic heterocycles. The van der Waals surface area contributed by atoms with Gasteiger partial charge in [0.25, 0.3) is 0 Å². The zero-order chi connectivity index (χ0) is 8.85. The van der Waals surface area contributed by atoms with Gasteiger partial charge in [0.15, 0.2) is 8.30 Å². The summed E-state index contributed by atoms with van der Waals surface area (Å²) in [6.07, 6.45) is 0. The molecule has 0 bridgehead atoms. The van der Waals surface area contributed by atoms with Crippen LogP contribution in [0.15, 0.2) is 0 Å². The van der Waals surface area contributed by atoms with Crippen molar-refractivity contribution < 1.29 is 0 Å². The molecule has 0 aliphatic carbocycles. The zero-order valence-electron chi connectivity index (χ0n) is 8.10. The minimum Gasteiger partial charge on any atom is -0.319 e. The first-order valence-corrected chi connectivity index (χ1v) is 8.87. The van der Waals surface area contributed by atoms with E-state index < -0.39 is 0 Å². The summed E-state index contributed by atoms with van der Waals surface area (Å²) in [5.74, 6) is 1.61. The van der Waals surface area contributed by atoms with Crippen LogP contribution in [-0.2, 0) is 0 Å². The lowest BCUT2D eigenvalue weighted by atomic mass is 10.2. The summed E-state index contributed by atoms with van der Waals surface area (Å²) in [6, 6.07) is 0. The third kappa shape index (κ3) is 7.03. The van der Waals surface area contributed by atoms with E-state index in [4.69, 9.17) is 0 Å². The molecule has 0 atom stereocenters. The van der Waals surface area contributed by atoms with E-state index in [0.29, 0.717) is 0 Å². The summed E-state index contributed by atoms with van der Waals surface area (Å²) in [5.41, 5.74) is 0. The summed E-state index contributed by atoms with van der Waals surface area (Å²) in [4.78, 5) is 0. The maximum absolute atomic E-state index is 3.64. The maximum Gasteiger partial charge on any atom is 0.170 e. The Morgan fingerprint density at radius 1 is 1.09 bits per heavy atom. The first-order chi connectivity index (χ1) is 5.06. The lowest BCUT2D eigenvalue weighted by Gasteiger charge is -2.23. The van der Waals surface area contributed by atoms with Gasteiger partial charge in [0.2, 0.25) is 0 Å². The van der Waals surface area contributed by atoms with Crippen LogP contribution in [0.2, 0.25) is 0 Å². The Morgan fingerprint density at radius 2 is 1.45 bits per heavy atom. The molecule has 0 N–H and O–H groups in total. The molecule has 0 fully saturated rings. The summed E-state index contributed by atoms with van der Waals surface area (Å²) in [7, 11) is -0.112. The molecule has 0 aliphatic heterocycles. The first-order valence-electron chi connectivity index (χ1n) is 4.34. The lowest BCUT2D eigenvalue weighted by Crippen LogP contribution is -2.32. The van der Waals surface area contributed by atoms with Crippen LogP contribution in [0.25, 0.3) is 0 Å². The largest absolute Gasteiger partial charge is 0.319 e. The molecule has 1 nitrogen and oxygen atoms in total. The van der Waals surface area contributed by atoms with Gasteiger partial charge >= 0.3 is 0 Å². The van der Waals surface area contributed by atoms with Gasteiger partial charge in [0.05, 0.1) is 0 Å². The fourth-order valence-corrected chi connectivity index (χ4v) is 3.66. The second-order valence-corrected chi connectivity index (χ2v) is 6.58. The fraction of sp³-hybridized carbons (Fsp3) is 1.00. The van der Waals surface area contributed by atoms with Gasteiger partial charge in [-0.15, -0.1) is 15.3 Å². The van der Waals surface area contributed by atoms with Crippen LogP contribution in [-0.4, -0.2) is 26.0 Å². The number of hydrogen-bond acceptors (Lipinski definition) is 1. The van der Waals surface area contributed by atoms with Crippen molar-refractivity contribution in [1.82, 2.24) is 4.57 Å². The predicted octanol–water partition coefficient (Wildman–Crippen LogP) is 1.99. The molecular weight excluding hydrogens is 218 g/mol. The standard InChI is InChI=1S/C8H20BrNSi/c1-7(2)5-10(11-9)6-8(3)4/h7-8H,5-6,11H2,1-4H3. The Kier molecular flexibility index (Phi) is 6.57. The van der Waals surface area contributed by atoms with Crippen molar-refractivity contribution in [2.45, 2.75) is 27.7 Å². The molecule has 0 aromatic carbocycles. The van der Waals surface area contributed by atoms with Crippen LogP contribution in [0.1, 0.15) is 27.7 Å². The van der Waals surface area contributed by atoms with Crippen molar-refractivity contribution in [3.05, 3.63) is 0 Å². The highest BCUT2D eigenvalue weighted by atomic mass is 79.9. The van der Waals surface area contributed by atoms with E-state index >= 15 is 0 Å². The Bertz CT molecular complexity index is 86.1. The lowest BCUT2D eigenvalue weighted by molar-refractivity contribution is 0.350. The van der Waals surface area contributed by atoms with E-state index in [1.807, 2.05) is 0 Å². The van der Waals surface area contributed by atoms with Gasteiger partial charge in [0.1, 0.15) is 0 Å². The van der Waals surface area contributed by atoms with Crippen molar-refractivity contribution in [2.75, 3.05) is 13.1 Å². The predicted molar refractivity (Wildman–Crippen MR) is 58.7 cm³/mol. The van der Waals surface area contributed by atoms with Crippen LogP contribution in [0.4, 0.5) is 0 Å². The topological polar surface area (TPSA) is 3.24 Å². The molecule has 0 aliphatic rings. The Labute approximate surface area is 81.0 Å². The highest BCUT2D eigenvalue weighted by molar-refractivity contribution is 9.23. The maximum atomic E-state index is 3.64. The van der Waals surface area contributed by atoms with E-state index in [9.17, 15) is 0 Å². The van der Waals surface area contributed by atoms with Gasteiger partial charge in [-0.3, -0.25) is 0 Å². The third-order valence-electron chi connectivity index (χ3n) is 1.42. The van der Waals surface area contributed by atoms with Gasteiger partial charge in [-0.25, -0.2) is 0 Å². The van der Waals surface area contributed by atoms with E-state index in [-0.39, 0.29) is 8.30 Å². The molecule has 0 amide bonds. The average molecular weight is 238 g/mol. The minimum absolute atomic E-state index is 0.112. The van der Waals surface area contributed by atoms with Crippen LogP contribution < -0.4 is 0 Å². The van der Waals surface area contributed by atoms with Crippen molar-refractivity contribution >= 4 is 23.6 Å². The van der Waals surface area contributed by atoms with Gasteiger partial charge in [0, 0.05) is 0 Å². The Morgan fingerprint density at radius 3 is 1.64 bits per heavy atom. The summed E-state index contributed by atoms with van der Waals surface area (Å²) in [5, 5.41) is 0. The second-order valence-electron chi connectivity index (χ2n) is 3.94. The number of hydrogen-bond donors (Lipinski definition) is 0. The smallest absolute Gasteiger partial charge is 0.170 e. The molecule has 0 heterocycles. The summed E-state index contributed by atoms with van der Waals surface area (Å²) in [6.45, 7) is 11.6. The molecule has 0 unspecified atom stereocenters. The Balaban J connectivity index is 3.58. The van der Waals surface area contributed by atoms with Gasteiger partial charge in [-0.1, -0.05) is 27.7 Å². The highest BCUT2D eigenvalue weighted by Gasteiger charge is 2.06. The minimum atomic E-state index is -0.112. The molecule has 0 aromatic rings. The second kappa shape index (κ2) is 6.20. The molecule has 0 radical (unpaired) electrons. The summed E-state index contributed by atoms with van der Waals surface area (Å²) < 4.78 is 2.58. The van der Waals surface area contributed by atoms with Crippen molar-refractivity contribution in [3.63, 3.8) is 0 Å². The fourth-order valence-electron chi connectivity index (χ4n) is 1.20. The zero-order valence-corrected chi connectivity index (χ0v) is 11.1. The molecule has 0 saturated carbocycles. The van der Waals surface area contributed by atoms with Gasteiger partial charge in [-0.05, 0) is 24.9 Å². The summed E-state index contributed by atoms with van der Waals surface area (Å²) >= 11 is 3.64. The molecule has 68 valence electrons. The highest BCUT2D eigenvalue weighted by Crippen LogP contribution is 2.03. The van der Waals surface area contributed by atoms with Crippen molar-refractivity contribution in [3.8, 4) is 0 Å². The van der Waals surface area contributed by atoms with E-state index in [2.05, 4.69) is 47.6 Å². The van der Waals surface area contributed by atoms with E-state index in [0.717, 1.165) is 11.8 Å². The van der Waals surface area contributed by atoms with E-state index in [1.165, 1.54) is 13.1 Å². The van der Waals surface area contributed by atoms with E-state index in [1.54, 1.807) is 0 Å². The number of nitrogens with zero attached hydrogens (tertiary/aromatic N) is 1. The molecule has 0 saturated heterocycles. The molecule has 3 heteroatoms. The number of rotatable bonds is 5. The number of halogens is 1. The SMILES string of the molecule is CC(C)CN(CC(C)C)[SiH2]Br. The monoisotopic (exact) mass is 237 g/mol. The van der Waals surface area contributed by atoms with Crippen molar-refractivity contribution in [2.24, 2.45) is 11.8 Å². The molecular formula is C8H20BrNSi.